The summed E-state index contributed by atoms with van der Waals surface area (Å²) in [6.45, 7) is 1.96. The summed E-state index contributed by atoms with van der Waals surface area (Å²) in [5.41, 5.74) is 5.08. The minimum atomic E-state index is -0.164. The Morgan fingerprint density at radius 2 is 1.69 bits per heavy atom. The lowest BCUT2D eigenvalue weighted by atomic mass is 9.77. The third-order valence-corrected chi connectivity index (χ3v) is 6.01. The molecular weight excluding hydrogens is 323 g/mol. The zero-order valence-electron chi connectivity index (χ0n) is 15.9. The Kier molecular flexibility index (Phi) is 6.71. The van der Waals surface area contributed by atoms with E-state index >= 15 is 0 Å². The van der Waals surface area contributed by atoms with E-state index in [0.717, 1.165) is 25.2 Å². The minimum Gasteiger partial charge on any atom is -0.508 e. The predicted octanol–water partition coefficient (Wildman–Crippen LogP) is 7.04. The molecule has 1 aliphatic carbocycles. The summed E-state index contributed by atoms with van der Waals surface area (Å²) in [5.74, 6) is 1.82. The number of unbranched alkanes of at least 4 members (excludes halogenated alkanes) is 1. The second-order valence-electron chi connectivity index (χ2n) is 7.72. The third-order valence-electron chi connectivity index (χ3n) is 6.01. The Labute approximate surface area is 157 Å². The molecule has 0 atom stereocenters. The van der Waals surface area contributed by atoms with Crippen LogP contribution >= 0.6 is 0 Å². The van der Waals surface area contributed by atoms with E-state index < -0.39 is 0 Å². The molecule has 140 valence electrons. The largest absolute Gasteiger partial charge is 0.508 e. The highest BCUT2D eigenvalue weighted by molar-refractivity contribution is 5.68. The molecule has 0 spiro atoms. The van der Waals surface area contributed by atoms with Gasteiger partial charge in [0.25, 0.3) is 0 Å². The molecule has 2 aromatic rings. The van der Waals surface area contributed by atoms with Crippen molar-refractivity contribution in [2.24, 2.45) is 5.92 Å². The van der Waals surface area contributed by atoms with Gasteiger partial charge in [0, 0.05) is 0 Å². The van der Waals surface area contributed by atoms with Crippen LogP contribution in [0.25, 0.3) is 11.1 Å². The maximum atomic E-state index is 12.2. The number of aromatic hydroxyl groups is 1. The average Bonchev–Trinajstić information content (AvgIpc) is 2.69. The van der Waals surface area contributed by atoms with Crippen LogP contribution in [0.1, 0.15) is 68.9 Å². The summed E-state index contributed by atoms with van der Waals surface area (Å²) in [5, 5.41) is 9.70. The molecule has 0 bridgehead atoms. The van der Waals surface area contributed by atoms with Gasteiger partial charge in [-0.15, -0.1) is 0 Å². The van der Waals surface area contributed by atoms with Crippen molar-refractivity contribution in [2.45, 2.75) is 64.2 Å². The zero-order valence-corrected chi connectivity index (χ0v) is 15.9. The van der Waals surface area contributed by atoms with Gasteiger partial charge in [0.05, 0.1) is 6.67 Å². The Bertz CT molecular complexity index is 684. The topological polar surface area (TPSA) is 20.2 Å². The van der Waals surface area contributed by atoms with Gasteiger partial charge in [-0.3, -0.25) is 4.39 Å². The van der Waals surface area contributed by atoms with Crippen LogP contribution in [0.5, 0.6) is 5.75 Å². The first-order chi connectivity index (χ1) is 12.7. The normalized spacial score (nSPS) is 20.2. The number of phenolic OH excluding ortho intramolecular Hbond substituents is 1. The monoisotopic (exact) mass is 354 g/mol. The maximum absolute atomic E-state index is 12.2. The van der Waals surface area contributed by atoms with Crippen LogP contribution in [-0.4, -0.2) is 11.8 Å². The van der Waals surface area contributed by atoms with Gasteiger partial charge in [0.15, 0.2) is 0 Å². The van der Waals surface area contributed by atoms with Crippen LogP contribution in [0.3, 0.4) is 0 Å². The first-order valence-electron chi connectivity index (χ1n) is 10.2. The van der Waals surface area contributed by atoms with E-state index in [-0.39, 0.29) is 6.67 Å². The number of alkyl halides is 1. The highest BCUT2D eigenvalue weighted by atomic mass is 19.1. The molecule has 1 aliphatic rings. The number of hydrogen-bond donors (Lipinski definition) is 1. The van der Waals surface area contributed by atoms with E-state index in [1.165, 1.54) is 54.4 Å². The summed E-state index contributed by atoms with van der Waals surface area (Å²) in [6.07, 6.45) is 9.00. The number of halogens is 1. The second-order valence-corrected chi connectivity index (χ2v) is 7.72. The fourth-order valence-electron chi connectivity index (χ4n) is 4.40. The van der Waals surface area contributed by atoms with E-state index in [1.807, 2.05) is 12.1 Å². The summed E-state index contributed by atoms with van der Waals surface area (Å²) < 4.78 is 12.2. The predicted molar refractivity (Wildman–Crippen MR) is 107 cm³/mol. The van der Waals surface area contributed by atoms with Crippen LogP contribution in [0, 0.1) is 5.92 Å². The molecule has 0 heterocycles. The fraction of sp³-hybridized carbons (Fsp3) is 0.500. The number of phenols is 1. The standard InChI is InChI=1S/C24H31FO/c1-2-19-17-23(26)14-15-24(19)22-12-10-21(11-13-22)20-8-6-18(7-9-20)5-3-4-16-25/h10-15,17-18,20,26H,2-9,16H2,1H3. The van der Waals surface area contributed by atoms with E-state index in [4.69, 9.17) is 0 Å². The quantitative estimate of drug-likeness (QED) is 0.529. The molecule has 1 fully saturated rings. The highest BCUT2D eigenvalue weighted by Crippen LogP contribution is 2.38. The Hall–Kier alpha value is -1.83. The van der Waals surface area contributed by atoms with Crippen molar-refractivity contribution in [1.82, 2.24) is 0 Å². The van der Waals surface area contributed by atoms with Crippen molar-refractivity contribution >= 4 is 0 Å². The Balaban J connectivity index is 1.62. The number of aryl methyl sites for hydroxylation is 1. The molecule has 0 aromatic heterocycles. The second kappa shape index (κ2) is 9.21. The first-order valence-corrected chi connectivity index (χ1v) is 10.2. The molecule has 0 amide bonds. The minimum absolute atomic E-state index is 0.164. The van der Waals surface area contributed by atoms with Crippen molar-refractivity contribution < 1.29 is 9.50 Å². The van der Waals surface area contributed by atoms with Gasteiger partial charge in [-0.1, -0.05) is 50.1 Å². The van der Waals surface area contributed by atoms with Crippen molar-refractivity contribution in [3.8, 4) is 16.9 Å². The van der Waals surface area contributed by atoms with Crippen LogP contribution in [0.2, 0.25) is 0 Å². The van der Waals surface area contributed by atoms with Crippen molar-refractivity contribution in [2.75, 3.05) is 6.67 Å². The van der Waals surface area contributed by atoms with E-state index in [0.29, 0.717) is 11.7 Å². The molecule has 26 heavy (non-hydrogen) atoms. The van der Waals surface area contributed by atoms with Gasteiger partial charge in [-0.2, -0.15) is 0 Å². The van der Waals surface area contributed by atoms with E-state index in [2.05, 4.69) is 31.2 Å². The van der Waals surface area contributed by atoms with Gasteiger partial charge in [0.2, 0.25) is 0 Å². The fourth-order valence-corrected chi connectivity index (χ4v) is 4.40. The Morgan fingerprint density at radius 3 is 2.35 bits per heavy atom. The SMILES string of the molecule is CCc1cc(O)ccc1-c1ccc(C2CCC(CCCCF)CC2)cc1. The molecule has 3 rings (SSSR count). The molecule has 0 radical (unpaired) electrons. The third kappa shape index (κ3) is 4.66. The van der Waals surface area contributed by atoms with Gasteiger partial charge < -0.3 is 5.11 Å². The molecule has 2 heteroatoms. The molecule has 1 nitrogen and oxygen atoms in total. The molecule has 1 N–H and O–H groups in total. The molecule has 0 aliphatic heterocycles. The van der Waals surface area contributed by atoms with E-state index in [1.54, 1.807) is 6.07 Å². The summed E-state index contributed by atoms with van der Waals surface area (Å²) in [7, 11) is 0. The molecule has 1 saturated carbocycles. The van der Waals surface area contributed by atoms with E-state index in [9.17, 15) is 9.50 Å². The molecule has 2 aromatic carbocycles. The lowest BCUT2D eigenvalue weighted by molar-refractivity contribution is 0.298. The smallest absolute Gasteiger partial charge is 0.115 e. The maximum Gasteiger partial charge on any atom is 0.115 e. The van der Waals surface area contributed by atoms with Crippen molar-refractivity contribution in [3.05, 3.63) is 53.6 Å². The van der Waals surface area contributed by atoms with Crippen molar-refractivity contribution in [3.63, 3.8) is 0 Å². The van der Waals surface area contributed by atoms with Crippen LogP contribution in [0.4, 0.5) is 4.39 Å². The number of rotatable bonds is 7. The molecular formula is C24H31FO. The van der Waals surface area contributed by atoms with Gasteiger partial charge in [-0.05, 0) is 84.7 Å². The van der Waals surface area contributed by atoms with Crippen LogP contribution in [-0.2, 0) is 6.42 Å². The lowest BCUT2D eigenvalue weighted by Crippen LogP contribution is -2.13. The zero-order chi connectivity index (χ0) is 18.4. The van der Waals surface area contributed by atoms with Crippen molar-refractivity contribution in [1.29, 1.82) is 0 Å². The summed E-state index contributed by atoms with van der Waals surface area (Å²) in [6, 6.07) is 14.7. The summed E-state index contributed by atoms with van der Waals surface area (Å²) in [4.78, 5) is 0. The average molecular weight is 355 g/mol. The number of hydrogen-bond acceptors (Lipinski definition) is 1. The molecule has 0 unspecified atom stereocenters. The van der Waals surface area contributed by atoms with Gasteiger partial charge in [-0.25, -0.2) is 0 Å². The highest BCUT2D eigenvalue weighted by Gasteiger charge is 2.22. The van der Waals surface area contributed by atoms with Crippen LogP contribution in [0.15, 0.2) is 42.5 Å². The van der Waals surface area contributed by atoms with Crippen LogP contribution < -0.4 is 0 Å². The molecule has 0 saturated heterocycles. The lowest BCUT2D eigenvalue weighted by Gasteiger charge is -2.29. The number of benzene rings is 2. The Morgan fingerprint density at radius 1 is 0.962 bits per heavy atom. The van der Waals surface area contributed by atoms with Gasteiger partial charge in [0.1, 0.15) is 5.75 Å². The first kappa shape index (κ1) is 18.9. The van der Waals surface area contributed by atoms with Gasteiger partial charge >= 0.3 is 0 Å². The summed E-state index contributed by atoms with van der Waals surface area (Å²) >= 11 is 0.